The van der Waals surface area contributed by atoms with Gasteiger partial charge in [-0.25, -0.2) is 22.8 Å². The first-order valence-electron chi connectivity index (χ1n) is 17.1. The molecule has 0 spiro atoms. The third-order valence-corrected chi connectivity index (χ3v) is 10.2. The highest BCUT2D eigenvalue weighted by atomic mass is 32.2. The van der Waals surface area contributed by atoms with Gasteiger partial charge in [-0.1, -0.05) is 97.1 Å². The lowest BCUT2D eigenvalue weighted by atomic mass is 10.2. The Morgan fingerprint density at radius 2 is 0.963 bits per heavy atom. The van der Waals surface area contributed by atoms with E-state index in [0.29, 0.717) is 11.2 Å². The Bertz CT molecular complexity index is 2810. The lowest BCUT2D eigenvalue weighted by Crippen LogP contribution is -2.12. The summed E-state index contributed by atoms with van der Waals surface area (Å²) in [6.45, 7) is 0. The number of rotatable bonds is 7. The van der Waals surface area contributed by atoms with E-state index in [4.69, 9.17) is 15.7 Å². The molecule has 0 amide bonds. The summed E-state index contributed by atoms with van der Waals surface area (Å²) in [5, 5.41) is 0. The van der Waals surface area contributed by atoms with E-state index < -0.39 is 15.8 Å². The third kappa shape index (κ3) is 6.93. The van der Waals surface area contributed by atoms with Gasteiger partial charge >= 0.3 is 0 Å². The molecule has 9 rings (SSSR count). The molecule has 0 bridgehead atoms. The Balaban J connectivity index is 0.000000164. The number of nitrogens with two attached hydrogens (primary N) is 1. The highest BCUT2D eigenvalue weighted by Gasteiger charge is 2.18. The molecule has 0 atom stereocenters. The van der Waals surface area contributed by atoms with E-state index in [1.165, 1.54) is 12.1 Å². The summed E-state index contributed by atoms with van der Waals surface area (Å²) < 4.78 is 45.4. The minimum Gasteiger partial charge on any atom is -0.399 e. The van der Waals surface area contributed by atoms with Gasteiger partial charge in [0.1, 0.15) is 17.5 Å². The molecule has 7 aromatic carbocycles. The Labute approximate surface area is 311 Å². The minimum atomic E-state index is -3.86. The minimum absolute atomic E-state index is 0.0150. The first-order valence-corrected chi connectivity index (χ1v) is 18.6. The number of anilines is 2. The fourth-order valence-electron chi connectivity index (χ4n) is 6.31. The van der Waals surface area contributed by atoms with E-state index in [1.807, 2.05) is 126 Å². The largest absolute Gasteiger partial charge is 0.399 e. The third-order valence-electron chi connectivity index (χ3n) is 8.80. The van der Waals surface area contributed by atoms with Gasteiger partial charge in [-0.15, -0.1) is 0 Å². The van der Waals surface area contributed by atoms with Crippen molar-refractivity contribution in [2.45, 2.75) is 4.90 Å². The van der Waals surface area contributed by atoms with Gasteiger partial charge in [0.2, 0.25) is 0 Å². The number of nitrogens with one attached hydrogen (secondary N) is 1. The second kappa shape index (κ2) is 14.5. The molecule has 0 saturated heterocycles. The number of imidazole rings is 2. The van der Waals surface area contributed by atoms with Crippen molar-refractivity contribution in [2.24, 2.45) is 0 Å². The number of sulfonamides is 1. The Kier molecular flexibility index (Phi) is 9.17. The zero-order chi connectivity index (χ0) is 37.1. The highest BCUT2D eigenvalue weighted by molar-refractivity contribution is 7.92. The van der Waals surface area contributed by atoms with Gasteiger partial charge in [0.05, 0.1) is 32.6 Å². The standard InChI is InChI=1S/C25H18FN3O2S.C19H15N3/c26-19-11-14-22(15-12-19)32(30,31)28-20-13-16-24-23(17-20)27-25(18-7-3-1-4-8-18)29(24)21-9-5-2-6-10-21;20-15-11-12-18-17(13-15)21-19(14-7-3-1-4-8-14)22(18)16-9-5-2-6-10-16/h1-17,28H;1-13H,20H2. The Morgan fingerprint density at radius 3 is 1.46 bits per heavy atom. The van der Waals surface area contributed by atoms with Crippen LogP contribution < -0.4 is 10.5 Å². The van der Waals surface area contributed by atoms with E-state index in [0.717, 1.165) is 68.5 Å². The first kappa shape index (κ1) is 34.1. The van der Waals surface area contributed by atoms with Crippen LogP contribution in [-0.2, 0) is 10.0 Å². The summed E-state index contributed by atoms with van der Waals surface area (Å²) in [5.41, 5.74) is 14.5. The fourth-order valence-corrected chi connectivity index (χ4v) is 7.36. The summed E-state index contributed by atoms with van der Waals surface area (Å²) in [5.74, 6) is 1.18. The fraction of sp³-hybridized carbons (Fsp3) is 0. The average molecular weight is 729 g/mol. The van der Waals surface area contributed by atoms with E-state index in [9.17, 15) is 12.8 Å². The maximum absolute atomic E-state index is 13.2. The number of aromatic nitrogens is 4. The number of hydrogen-bond donors (Lipinski definition) is 2. The molecule has 0 aliphatic rings. The molecule has 0 aliphatic carbocycles. The van der Waals surface area contributed by atoms with E-state index in [-0.39, 0.29) is 4.90 Å². The molecular formula is C44H33FN6O2S. The van der Waals surface area contributed by atoms with Crippen LogP contribution in [0.1, 0.15) is 0 Å². The van der Waals surface area contributed by atoms with Gasteiger partial charge < -0.3 is 5.73 Å². The van der Waals surface area contributed by atoms with Crippen LogP contribution in [0.15, 0.2) is 187 Å². The van der Waals surface area contributed by atoms with Gasteiger partial charge in [-0.2, -0.15) is 0 Å². The molecule has 2 heterocycles. The second-order valence-corrected chi connectivity index (χ2v) is 14.1. The van der Waals surface area contributed by atoms with Gasteiger partial charge in [0.15, 0.2) is 0 Å². The summed E-state index contributed by atoms with van der Waals surface area (Å²) in [6.07, 6.45) is 0. The molecular weight excluding hydrogens is 696 g/mol. The number of benzene rings is 7. The van der Waals surface area contributed by atoms with Gasteiger partial charge in [-0.05, 0) is 84.9 Å². The molecule has 9 aromatic rings. The topological polar surface area (TPSA) is 108 Å². The van der Waals surface area contributed by atoms with E-state index >= 15 is 0 Å². The Hall–Kier alpha value is -7.04. The average Bonchev–Trinajstić information content (AvgIpc) is 3.78. The van der Waals surface area contributed by atoms with Crippen molar-refractivity contribution in [1.29, 1.82) is 0 Å². The molecule has 2 aromatic heterocycles. The van der Waals surface area contributed by atoms with Crippen LogP contribution in [0.25, 0.3) is 56.2 Å². The normalized spacial score (nSPS) is 11.3. The van der Waals surface area contributed by atoms with Crippen molar-refractivity contribution in [1.82, 2.24) is 19.1 Å². The van der Waals surface area contributed by atoms with Crippen molar-refractivity contribution in [3.05, 3.63) is 188 Å². The highest BCUT2D eigenvalue weighted by Crippen LogP contribution is 2.32. The predicted molar refractivity (Wildman–Crippen MR) is 215 cm³/mol. The summed E-state index contributed by atoms with van der Waals surface area (Å²) >= 11 is 0. The molecule has 54 heavy (non-hydrogen) atoms. The van der Waals surface area contributed by atoms with Gasteiger partial charge in [0, 0.05) is 28.2 Å². The molecule has 0 saturated carbocycles. The number of para-hydroxylation sites is 2. The lowest BCUT2D eigenvalue weighted by Gasteiger charge is -2.10. The lowest BCUT2D eigenvalue weighted by molar-refractivity contribution is 0.599. The molecule has 3 N–H and O–H groups in total. The smallest absolute Gasteiger partial charge is 0.261 e. The van der Waals surface area contributed by atoms with E-state index in [2.05, 4.69) is 33.6 Å². The summed E-state index contributed by atoms with van der Waals surface area (Å²) in [4.78, 5) is 9.60. The second-order valence-electron chi connectivity index (χ2n) is 12.5. The molecule has 0 unspecified atom stereocenters. The molecule has 8 nitrogen and oxygen atoms in total. The maximum Gasteiger partial charge on any atom is 0.261 e. The molecule has 0 radical (unpaired) electrons. The quantitative estimate of drug-likeness (QED) is 0.159. The van der Waals surface area contributed by atoms with Crippen LogP contribution in [0.3, 0.4) is 0 Å². The number of nitrogens with zero attached hydrogens (tertiary/aromatic N) is 4. The van der Waals surface area contributed by atoms with Crippen molar-refractivity contribution in [3.63, 3.8) is 0 Å². The number of halogens is 1. The van der Waals surface area contributed by atoms with Crippen molar-refractivity contribution in [3.8, 4) is 34.2 Å². The predicted octanol–water partition coefficient (Wildman–Crippen LogP) is 9.91. The van der Waals surface area contributed by atoms with Crippen LogP contribution in [0, 0.1) is 5.82 Å². The van der Waals surface area contributed by atoms with Crippen LogP contribution in [0.2, 0.25) is 0 Å². The zero-order valence-corrected chi connectivity index (χ0v) is 29.6. The van der Waals surface area contributed by atoms with E-state index in [1.54, 1.807) is 12.1 Å². The molecule has 0 fully saturated rings. The first-order chi connectivity index (χ1) is 26.3. The molecule has 10 heteroatoms. The summed E-state index contributed by atoms with van der Waals surface area (Å²) in [6, 6.07) is 55.9. The van der Waals surface area contributed by atoms with Gasteiger partial charge in [-0.3, -0.25) is 13.9 Å². The van der Waals surface area contributed by atoms with Crippen LogP contribution in [0.5, 0.6) is 0 Å². The van der Waals surface area contributed by atoms with Crippen molar-refractivity contribution >= 4 is 43.5 Å². The summed E-state index contributed by atoms with van der Waals surface area (Å²) in [7, 11) is -3.86. The number of fused-ring (bicyclic) bond motifs is 2. The number of nitrogen functional groups attached to an aromatic ring is 1. The van der Waals surface area contributed by atoms with Crippen molar-refractivity contribution in [2.75, 3.05) is 10.5 Å². The van der Waals surface area contributed by atoms with Crippen molar-refractivity contribution < 1.29 is 12.8 Å². The monoisotopic (exact) mass is 728 g/mol. The van der Waals surface area contributed by atoms with Gasteiger partial charge in [0.25, 0.3) is 10.0 Å². The zero-order valence-electron chi connectivity index (χ0n) is 28.8. The van der Waals surface area contributed by atoms with Crippen LogP contribution in [0.4, 0.5) is 15.8 Å². The molecule has 264 valence electrons. The van der Waals surface area contributed by atoms with Crippen LogP contribution in [-0.4, -0.2) is 27.5 Å². The number of hydrogen-bond acceptors (Lipinski definition) is 5. The maximum atomic E-state index is 13.2. The Morgan fingerprint density at radius 1 is 0.519 bits per heavy atom. The molecule has 0 aliphatic heterocycles. The van der Waals surface area contributed by atoms with Crippen LogP contribution >= 0.6 is 0 Å². The SMILES string of the molecule is Nc1ccc2c(c1)nc(-c1ccccc1)n2-c1ccccc1.O=S(=O)(Nc1ccc2c(c1)nc(-c1ccccc1)n2-c1ccccc1)c1ccc(F)cc1.